The van der Waals surface area contributed by atoms with Gasteiger partial charge < -0.3 is 11.1 Å². The summed E-state index contributed by atoms with van der Waals surface area (Å²) in [7, 11) is 0. The average molecular weight is 404 g/mol. The zero-order chi connectivity index (χ0) is 15.0. The van der Waals surface area contributed by atoms with Crippen molar-refractivity contribution in [2.24, 2.45) is 5.73 Å². The van der Waals surface area contributed by atoms with Gasteiger partial charge in [0.05, 0.1) is 13.1 Å². The SMILES string of the molecule is Cl.NCC(F)(F)CNC(=O)CCCSc1ccc(Br)cc1. The maximum Gasteiger partial charge on any atom is 0.277 e. The van der Waals surface area contributed by atoms with Gasteiger partial charge in [0.25, 0.3) is 5.92 Å². The molecule has 0 aliphatic rings. The predicted molar refractivity (Wildman–Crippen MR) is 88.4 cm³/mol. The molecule has 0 bridgehead atoms. The van der Waals surface area contributed by atoms with Gasteiger partial charge in [0.1, 0.15) is 0 Å². The fourth-order valence-corrected chi connectivity index (χ4v) is 2.46. The molecule has 1 aromatic rings. The minimum atomic E-state index is -3.03. The van der Waals surface area contributed by atoms with E-state index in [9.17, 15) is 13.6 Å². The first-order valence-electron chi connectivity index (χ1n) is 6.16. The summed E-state index contributed by atoms with van der Waals surface area (Å²) >= 11 is 4.98. The fraction of sp³-hybridized carbons (Fsp3) is 0.462. The van der Waals surface area contributed by atoms with E-state index in [0.29, 0.717) is 6.42 Å². The highest BCUT2D eigenvalue weighted by molar-refractivity contribution is 9.10. The van der Waals surface area contributed by atoms with Crippen molar-refractivity contribution in [3.05, 3.63) is 28.7 Å². The molecular formula is C13H18BrClF2N2OS. The van der Waals surface area contributed by atoms with E-state index in [1.807, 2.05) is 24.3 Å². The highest BCUT2D eigenvalue weighted by Gasteiger charge is 2.26. The third-order valence-corrected chi connectivity index (χ3v) is 4.10. The second-order valence-corrected chi connectivity index (χ2v) is 6.33. The molecule has 1 amide bonds. The topological polar surface area (TPSA) is 55.1 Å². The number of nitrogens with one attached hydrogen (secondary N) is 1. The van der Waals surface area contributed by atoms with Gasteiger partial charge in [-0.1, -0.05) is 15.9 Å². The highest BCUT2D eigenvalue weighted by Crippen LogP contribution is 2.21. The largest absolute Gasteiger partial charge is 0.350 e. The van der Waals surface area contributed by atoms with E-state index in [1.54, 1.807) is 11.8 Å². The first-order chi connectivity index (χ1) is 9.43. The van der Waals surface area contributed by atoms with Crippen molar-refractivity contribution in [3.8, 4) is 0 Å². The molecule has 0 saturated carbocycles. The van der Waals surface area contributed by atoms with Crippen molar-refractivity contribution >= 4 is 46.0 Å². The molecule has 0 saturated heterocycles. The summed E-state index contributed by atoms with van der Waals surface area (Å²) in [6.45, 7) is -1.45. The molecule has 3 N–H and O–H groups in total. The second kappa shape index (κ2) is 10.4. The Balaban J connectivity index is 0.00000400. The van der Waals surface area contributed by atoms with E-state index in [1.165, 1.54) is 0 Å². The van der Waals surface area contributed by atoms with Crippen LogP contribution in [-0.2, 0) is 4.79 Å². The van der Waals surface area contributed by atoms with Crippen LogP contribution in [0.5, 0.6) is 0 Å². The van der Waals surface area contributed by atoms with Crippen LogP contribution >= 0.6 is 40.1 Å². The van der Waals surface area contributed by atoms with Crippen molar-refractivity contribution in [1.82, 2.24) is 5.32 Å². The molecule has 0 unspecified atom stereocenters. The van der Waals surface area contributed by atoms with Crippen LogP contribution in [0.25, 0.3) is 0 Å². The molecule has 1 aromatic carbocycles. The number of halogens is 4. The Hall–Kier alpha value is -0.370. The molecule has 0 aromatic heterocycles. The number of carbonyl (C=O) groups is 1. The normalized spacial score (nSPS) is 10.9. The zero-order valence-electron chi connectivity index (χ0n) is 11.3. The molecule has 1 rings (SSSR count). The van der Waals surface area contributed by atoms with E-state index >= 15 is 0 Å². The molecule has 0 heterocycles. The third-order valence-electron chi connectivity index (χ3n) is 2.47. The fourth-order valence-electron chi connectivity index (χ4n) is 1.34. The first kappa shape index (κ1) is 20.6. The Kier molecular flexibility index (Phi) is 10.2. The summed E-state index contributed by atoms with van der Waals surface area (Å²) in [5, 5.41) is 2.20. The summed E-state index contributed by atoms with van der Waals surface area (Å²) < 4.78 is 26.6. The van der Waals surface area contributed by atoms with Gasteiger partial charge in [0.2, 0.25) is 5.91 Å². The molecule has 0 aliphatic carbocycles. The molecule has 21 heavy (non-hydrogen) atoms. The number of alkyl halides is 2. The number of hydrogen-bond acceptors (Lipinski definition) is 3. The lowest BCUT2D eigenvalue weighted by Crippen LogP contribution is -2.41. The smallest absolute Gasteiger partial charge is 0.277 e. The van der Waals surface area contributed by atoms with Gasteiger partial charge in [-0.05, 0) is 36.4 Å². The summed E-state index contributed by atoms with van der Waals surface area (Å²) in [5.41, 5.74) is 4.88. The monoisotopic (exact) mass is 402 g/mol. The number of thioether (sulfide) groups is 1. The quantitative estimate of drug-likeness (QED) is 0.516. The average Bonchev–Trinajstić information content (AvgIpc) is 2.43. The van der Waals surface area contributed by atoms with Gasteiger partial charge in [0.15, 0.2) is 0 Å². The van der Waals surface area contributed by atoms with E-state index in [2.05, 4.69) is 21.2 Å². The second-order valence-electron chi connectivity index (χ2n) is 4.24. The van der Waals surface area contributed by atoms with Crippen LogP contribution < -0.4 is 11.1 Å². The van der Waals surface area contributed by atoms with E-state index < -0.39 is 19.0 Å². The Bertz CT molecular complexity index is 435. The number of rotatable bonds is 8. The number of hydrogen-bond donors (Lipinski definition) is 2. The molecule has 0 spiro atoms. The van der Waals surface area contributed by atoms with Crippen LogP contribution in [0.3, 0.4) is 0 Å². The van der Waals surface area contributed by atoms with Crippen molar-refractivity contribution in [2.75, 3.05) is 18.8 Å². The van der Waals surface area contributed by atoms with Crippen molar-refractivity contribution in [1.29, 1.82) is 0 Å². The minimum Gasteiger partial charge on any atom is -0.350 e. The van der Waals surface area contributed by atoms with Gasteiger partial charge in [-0.3, -0.25) is 4.79 Å². The number of amides is 1. The van der Waals surface area contributed by atoms with E-state index in [-0.39, 0.29) is 24.7 Å². The number of nitrogens with two attached hydrogens (primary N) is 1. The maximum absolute atomic E-state index is 12.8. The Labute approximate surface area is 142 Å². The van der Waals surface area contributed by atoms with Crippen LogP contribution in [-0.4, -0.2) is 30.7 Å². The summed E-state index contributed by atoms with van der Waals surface area (Å²) in [4.78, 5) is 12.5. The molecule has 0 aliphatic heterocycles. The predicted octanol–water partition coefficient (Wildman–Crippen LogP) is 3.45. The van der Waals surface area contributed by atoms with Gasteiger partial charge >= 0.3 is 0 Å². The number of carbonyl (C=O) groups excluding carboxylic acids is 1. The number of benzene rings is 1. The van der Waals surface area contributed by atoms with Crippen LogP contribution in [0.2, 0.25) is 0 Å². The van der Waals surface area contributed by atoms with Gasteiger partial charge in [-0.25, -0.2) is 8.78 Å². The lowest BCUT2D eigenvalue weighted by atomic mass is 10.3. The molecule has 0 radical (unpaired) electrons. The van der Waals surface area contributed by atoms with Crippen molar-refractivity contribution < 1.29 is 13.6 Å². The van der Waals surface area contributed by atoms with Gasteiger partial charge in [0, 0.05) is 15.8 Å². The maximum atomic E-state index is 12.8. The zero-order valence-corrected chi connectivity index (χ0v) is 14.5. The van der Waals surface area contributed by atoms with Gasteiger partial charge in [-0.15, -0.1) is 24.2 Å². The van der Waals surface area contributed by atoms with Crippen LogP contribution in [0.15, 0.2) is 33.6 Å². The Morgan fingerprint density at radius 3 is 2.52 bits per heavy atom. The van der Waals surface area contributed by atoms with Crippen molar-refractivity contribution in [2.45, 2.75) is 23.7 Å². The summed E-state index contributed by atoms with van der Waals surface area (Å²) in [6, 6.07) is 7.86. The summed E-state index contributed by atoms with van der Waals surface area (Å²) in [6.07, 6.45) is 0.880. The molecular weight excluding hydrogens is 386 g/mol. The Morgan fingerprint density at radius 1 is 1.33 bits per heavy atom. The van der Waals surface area contributed by atoms with E-state index in [4.69, 9.17) is 5.73 Å². The lowest BCUT2D eigenvalue weighted by molar-refractivity contribution is -0.122. The van der Waals surface area contributed by atoms with Gasteiger partial charge in [-0.2, -0.15) is 0 Å². The first-order valence-corrected chi connectivity index (χ1v) is 7.94. The molecule has 8 heteroatoms. The highest BCUT2D eigenvalue weighted by atomic mass is 79.9. The third kappa shape index (κ3) is 9.29. The minimum absolute atomic E-state index is 0. The van der Waals surface area contributed by atoms with Crippen molar-refractivity contribution in [3.63, 3.8) is 0 Å². The molecule has 3 nitrogen and oxygen atoms in total. The summed E-state index contributed by atoms with van der Waals surface area (Å²) in [5.74, 6) is -2.63. The van der Waals surface area contributed by atoms with E-state index in [0.717, 1.165) is 15.1 Å². The standard InChI is InChI=1S/C13H17BrF2N2OS.ClH/c14-10-3-5-11(6-4-10)20-7-1-2-12(19)18-9-13(15,16)8-17;/h3-6H,1-2,7-9,17H2,(H,18,19);1H. The lowest BCUT2D eigenvalue weighted by Gasteiger charge is -2.14. The van der Waals surface area contributed by atoms with Crippen LogP contribution in [0.4, 0.5) is 8.78 Å². The van der Waals surface area contributed by atoms with Crippen LogP contribution in [0, 0.1) is 0 Å². The molecule has 120 valence electrons. The van der Waals surface area contributed by atoms with Crippen LogP contribution in [0.1, 0.15) is 12.8 Å². The molecule has 0 fully saturated rings. The molecule has 0 atom stereocenters. The Morgan fingerprint density at radius 2 is 1.95 bits per heavy atom.